The first kappa shape index (κ1) is 16.1. The highest BCUT2D eigenvalue weighted by Crippen LogP contribution is 2.31. The van der Waals surface area contributed by atoms with E-state index in [4.69, 9.17) is 9.26 Å². The number of carbonyl (C=O) groups is 1. The number of hydrogen-bond donors (Lipinski definition) is 1. The van der Waals surface area contributed by atoms with Gasteiger partial charge < -0.3 is 19.5 Å². The third-order valence-corrected chi connectivity index (χ3v) is 4.93. The largest absolute Gasteiger partial charge is 0.485 e. The predicted molar refractivity (Wildman–Crippen MR) is 90.3 cm³/mol. The van der Waals surface area contributed by atoms with Crippen LogP contribution in [0.4, 0.5) is 0 Å². The first-order valence-electron chi connectivity index (χ1n) is 8.77. The summed E-state index contributed by atoms with van der Waals surface area (Å²) in [6, 6.07) is 7.98. The Morgan fingerprint density at radius 2 is 2.16 bits per heavy atom. The van der Waals surface area contributed by atoms with Gasteiger partial charge >= 0.3 is 0 Å². The van der Waals surface area contributed by atoms with Crippen molar-refractivity contribution in [2.45, 2.75) is 44.9 Å². The summed E-state index contributed by atoms with van der Waals surface area (Å²) in [6.45, 7) is 3.75. The lowest BCUT2D eigenvalue weighted by Crippen LogP contribution is -2.42. The number of rotatable bonds is 4. The summed E-state index contributed by atoms with van der Waals surface area (Å²) in [4.78, 5) is 19.4. The van der Waals surface area contributed by atoms with Crippen LogP contribution in [0.25, 0.3) is 0 Å². The van der Waals surface area contributed by atoms with Gasteiger partial charge in [-0.15, -0.1) is 0 Å². The molecule has 1 amide bonds. The molecule has 7 nitrogen and oxygen atoms in total. The molecule has 2 atom stereocenters. The number of amides is 1. The normalized spacial score (nSPS) is 22.7. The molecular weight excluding hydrogens is 320 g/mol. The molecule has 2 unspecified atom stereocenters. The molecule has 1 aromatic carbocycles. The molecule has 2 saturated heterocycles. The lowest BCUT2D eigenvalue weighted by Gasteiger charge is -2.28. The Bertz CT molecular complexity index is 746. The summed E-state index contributed by atoms with van der Waals surface area (Å²) >= 11 is 0. The van der Waals surface area contributed by atoms with Crippen LogP contribution in [0.3, 0.4) is 0 Å². The average Bonchev–Trinajstić information content (AvgIpc) is 3.14. The van der Waals surface area contributed by atoms with Crippen molar-refractivity contribution >= 4 is 5.91 Å². The zero-order chi connectivity index (χ0) is 17.2. The zero-order valence-corrected chi connectivity index (χ0v) is 14.3. The number of aromatic nitrogens is 2. The minimum atomic E-state index is 0.0519. The van der Waals surface area contributed by atoms with Gasteiger partial charge in [-0.3, -0.25) is 4.79 Å². The van der Waals surface area contributed by atoms with E-state index in [1.54, 1.807) is 6.92 Å². The molecule has 2 fully saturated rings. The van der Waals surface area contributed by atoms with Crippen LogP contribution in [0, 0.1) is 6.92 Å². The fourth-order valence-corrected chi connectivity index (χ4v) is 3.76. The van der Waals surface area contributed by atoms with Gasteiger partial charge in [0.25, 0.3) is 5.91 Å². The van der Waals surface area contributed by atoms with Crippen LogP contribution < -0.4 is 10.1 Å². The third-order valence-electron chi connectivity index (χ3n) is 4.93. The van der Waals surface area contributed by atoms with Crippen LogP contribution >= 0.6 is 0 Å². The van der Waals surface area contributed by atoms with E-state index in [2.05, 4.69) is 20.4 Å². The Hall–Kier alpha value is -2.41. The molecule has 4 rings (SSSR count). The SMILES string of the molecule is Cc1nc(COc2ccccc2C(=O)N2C3CCNCC2CC3)no1. The molecular formula is C18H22N4O3. The quantitative estimate of drug-likeness (QED) is 0.914. The number of aryl methyl sites for hydroxylation is 1. The van der Waals surface area contributed by atoms with Gasteiger partial charge in [-0.05, 0) is 37.9 Å². The number of carbonyl (C=O) groups excluding carboxylic acids is 1. The highest BCUT2D eigenvalue weighted by atomic mass is 16.5. The van der Waals surface area contributed by atoms with Gasteiger partial charge in [0.1, 0.15) is 5.75 Å². The monoisotopic (exact) mass is 342 g/mol. The number of benzene rings is 1. The summed E-state index contributed by atoms with van der Waals surface area (Å²) in [7, 11) is 0. The Morgan fingerprint density at radius 3 is 3.00 bits per heavy atom. The second-order valence-corrected chi connectivity index (χ2v) is 6.60. The molecule has 7 heteroatoms. The second kappa shape index (κ2) is 6.84. The van der Waals surface area contributed by atoms with Crippen molar-refractivity contribution in [1.82, 2.24) is 20.4 Å². The van der Waals surface area contributed by atoms with Gasteiger partial charge in [0.2, 0.25) is 11.7 Å². The smallest absolute Gasteiger partial charge is 0.258 e. The molecule has 2 aliphatic rings. The van der Waals surface area contributed by atoms with E-state index in [1.165, 1.54) is 0 Å². The van der Waals surface area contributed by atoms with Crippen LogP contribution in [0.2, 0.25) is 0 Å². The van der Waals surface area contributed by atoms with Crippen LogP contribution in [0.5, 0.6) is 5.75 Å². The Balaban J connectivity index is 1.54. The first-order chi connectivity index (χ1) is 12.2. The van der Waals surface area contributed by atoms with E-state index in [0.29, 0.717) is 29.1 Å². The van der Waals surface area contributed by atoms with Crippen LogP contribution in [0.1, 0.15) is 41.3 Å². The van der Waals surface area contributed by atoms with Crippen LogP contribution in [-0.4, -0.2) is 46.1 Å². The summed E-state index contributed by atoms with van der Waals surface area (Å²) in [5, 5.41) is 7.25. The molecule has 132 valence electrons. The lowest BCUT2D eigenvalue weighted by atomic mass is 10.1. The summed E-state index contributed by atoms with van der Waals surface area (Å²) in [5.74, 6) is 1.58. The van der Waals surface area contributed by atoms with Crippen LogP contribution in [-0.2, 0) is 6.61 Å². The third kappa shape index (κ3) is 3.24. The Labute approximate surface area is 146 Å². The maximum Gasteiger partial charge on any atom is 0.258 e. The maximum absolute atomic E-state index is 13.2. The molecule has 0 saturated carbocycles. The van der Waals surface area contributed by atoms with Gasteiger partial charge in [0, 0.05) is 25.6 Å². The summed E-state index contributed by atoms with van der Waals surface area (Å²) in [6.07, 6.45) is 3.16. The van der Waals surface area contributed by atoms with E-state index < -0.39 is 0 Å². The number of fused-ring (bicyclic) bond motifs is 2. The van der Waals surface area contributed by atoms with Crippen molar-refractivity contribution in [1.29, 1.82) is 0 Å². The molecule has 0 aliphatic carbocycles. The minimum Gasteiger partial charge on any atom is -0.485 e. The highest BCUT2D eigenvalue weighted by Gasteiger charge is 2.39. The van der Waals surface area contributed by atoms with Crippen molar-refractivity contribution < 1.29 is 14.1 Å². The molecule has 1 aromatic heterocycles. The number of nitrogens with zero attached hydrogens (tertiary/aromatic N) is 3. The summed E-state index contributed by atoms with van der Waals surface area (Å²) in [5.41, 5.74) is 0.599. The van der Waals surface area contributed by atoms with E-state index in [9.17, 15) is 4.79 Å². The van der Waals surface area contributed by atoms with E-state index in [0.717, 1.165) is 32.4 Å². The predicted octanol–water partition coefficient (Wildman–Crippen LogP) is 1.92. The fraction of sp³-hybridized carbons (Fsp3) is 0.500. The Kier molecular flexibility index (Phi) is 4.40. The summed E-state index contributed by atoms with van der Waals surface area (Å²) < 4.78 is 10.8. The van der Waals surface area contributed by atoms with Crippen LogP contribution in [0.15, 0.2) is 28.8 Å². The number of hydrogen-bond acceptors (Lipinski definition) is 6. The molecule has 25 heavy (non-hydrogen) atoms. The lowest BCUT2D eigenvalue weighted by molar-refractivity contribution is 0.0675. The fourth-order valence-electron chi connectivity index (χ4n) is 3.76. The molecule has 2 bridgehead atoms. The standard InChI is InChI=1S/C18H22N4O3/c1-12-20-17(21-25-12)11-24-16-5-3-2-4-15(16)18(23)22-13-6-7-14(22)10-19-9-8-13/h2-5,13-14,19H,6-11H2,1H3. The molecule has 2 aliphatic heterocycles. The van der Waals surface area contributed by atoms with Gasteiger partial charge in [-0.1, -0.05) is 17.3 Å². The van der Waals surface area contributed by atoms with Gasteiger partial charge in [-0.25, -0.2) is 0 Å². The van der Waals surface area contributed by atoms with Gasteiger partial charge in [0.15, 0.2) is 6.61 Å². The van der Waals surface area contributed by atoms with Crippen molar-refractivity contribution in [3.63, 3.8) is 0 Å². The van der Waals surface area contributed by atoms with E-state index in [1.807, 2.05) is 24.3 Å². The molecule has 0 spiro atoms. The van der Waals surface area contributed by atoms with E-state index in [-0.39, 0.29) is 18.6 Å². The molecule has 2 aromatic rings. The van der Waals surface area contributed by atoms with Gasteiger partial charge in [0.05, 0.1) is 5.56 Å². The second-order valence-electron chi connectivity index (χ2n) is 6.60. The number of para-hydroxylation sites is 1. The number of nitrogens with one attached hydrogen (secondary N) is 1. The Morgan fingerprint density at radius 1 is 1.32 bits per heavy atom. The minimum absolute atomic E-state index is 0.0519. The molecule has 1 N–H and O–H groups in total. The van der Waals surface area contributed by atoms with Crippen molar-refractivity contribution in [3.05, 3.63) is 41.5 Å². The van der Waals surface area contributed by atoms with E-state index >= 15 is 0 Å². The van der Waals surface area contributed by atoms with Crippen molar-refractivity contribution in [3.8, 4) is 5.75 Å². The number of ether oxygens (including phenoxy) is 1. The average molecular weight is 342 g/mol. The highest BCUT2D eigenvalue weighted by molar-refractivity contribution is 5.97. The topological polar surface area (TPSA) is 80.5 Å². The molecule has 0 radical (unpaired) electrons. The maximum atomic E-state index is 13.2. The molecule has 3 heterocycles. The first-order valence-corrected chi connectivity index (χ1v) is 8.77. The van der Waals surface area contributed by atoms with Gasteiger partial charge in [-0.2, -0.15) is 4.98 Å². The van der Waals surface area contributed by atoms with Crippen molar-refractivity contribution in [2.24, 2.45) is 0 Å². The zero-order valence-electron chi connectivity index (χ0n) is 14.3. The van der Waals surface area contributed by atoms with Crippen molar-refractivity contribution in [2.75, 3.05) is 13.1 Å².